The topological polar surface area (TPSA) is 70.7 Å². The van der Waals surface area contributed by atoms with Gasteiger partial charge in [-0.1, -0.05) is 18.2 Å². The molecule has 0 saturated carbocycles. The summed E-state index contributed by atoms with van der Waals surface area (Å²) in [7, 11) is 0. The lowest BCUT2D eigenvalue weighted by Crippen LogP contribution is -2.44. The maximum Gasteiger partial charge on any atom is 0.265 e. The van der Waals surface area contributed by atoms with Crippen LogP contribution in [0, 0.1) is 0 Å². The van der Waals surface area contributed by atoms with Gasteiger partial charge in [-0.05, 0) is 56.5 Å². The number of anilines is 3. The van der Waals surface area contributed by atoms with E-state index in [0.29, 0.717) is 11.4 Å². The monoisotopic (exact) mass is 365 g/mol. The molecule has 2 aromatic carbocycles. The highest BCUT2D eigenvalue weighted by molar-refractivity contribution is 6.00. The molecule has 0 fully saturated rings. The molecule has 2 aromatic rings. The maximum atomic E-state index is 13.0. The minimum atomic E-state index is -0.504. The molecule has 0 saturated heterocycles. The van der Waals surface area contributed by atoms with Gasteiger partial charge < -0.3 is 20.3 Å². The number of ether oxygens (including phenoxy) is 1. The SMILES string of the molecule is C[C@H](Nc1ccc2c(c1)NC(=O)[C@H](C)O2)C(=O)N1CCCc2ccccc21. The number of nitrogens with one attached hydrogen (secondary N) is 2. The van der Waals surface area contributed by atoms with Crippen molar-refractivity contribution in [2.75, 3.05) is 22.1 Å². The van der Waals surface area contributed by atoms with Gasteiger partial charge in [-0.15, -0.1) is 0 Å². The van der Waals surface area contributed by atoms with E-state index in [1.165, 1.54) is 5.56 Å². The number of fused-ring (bicyclic) bond motifs is 2. The average Bonchev–Trinajstić information content (AvgIpc) is 2.68. The fourth-order valence-electron chi connectivity index (χ4n) is 3.61. The van der Waals surface area contributed by atoms with Crippen molar-refractivity contribution in [1.82, 2.24) is 0 Å². The van der Waals surface area contributed by atoms with Gasteiger partial charge in [0, 0.05) is 17.9 Å². The number of rotatable bonds is 3. The van der Waals surface area contributed by atoms with Gasteiger partial charge in [0.25, 0.3) is 5.91 Å². The summed E-state index contributed by atoms with van der Waals surface area (Å²) in [5.41, 5.74) is 3.60. The van der Waals surface area contributed by atoms with Crippen LogP contribution >= 0.6 is 0 Å². The normalized spacial score (nSPS) is 19.3. The van der Waals surface area contributed by atoms with Crippen molar-refractivity contribution in [1.29, 1.82) is 0 Å². The standard InChI is InChI=1S/C21H23N3O3/c1-13(21(26)24-11-5-7-15-6-3-4-8-18(15)24)22-16-9-10-19-17(12-16)23-20(25)14(2)27-19/h3-4,6,8-10,12-14,22H,5,7,11H2,1-2H3,(H,23,25)/t13-,14-/m0/s1. The predicted octanol–water partition coefficient (Wildman–Crippen LogP) is 3.19. The van der Waals surface area contributed by atoms with Crippen LogP contribution in [0.5, 0.6) is 5.75 Å². The number of nitrogens with zero attached hydrogens (tertiary/aromatic N) is 1. The number of para-hydroxylation sites is 1. The molecule has 2 atom stereocenters. The average molecular weight is 365 g/mol. The van der Waals surface area contributed by atoms with Crippen molar-refractivity contribution < 1.29 is 14.3 Å². The Morgan fingerprint density at radius 1 is 1.30 bits per heavy atom. The van der Waals surface area contributed by atoms with E-state index in [2.05, 4.69) is 16.7 Å². The number of hydrogen-bond acceptors (Lipinski definition) is 4. The van der Waals surface area contributed by atoms with Crippen LogP contribution < -0.4 is 20.3 Å². The van der Waals surface area contributed by atoms with Crippen molar-refractivity contribution in [2.45, 2.75) is 38.8 Å². The summed E-state index contributed by atoms with van der Waals surface area (Å²) in [6, 6.07) is 13.1. The molecule has 0 radical (unpaired) electrons. The third-order valence-corrected chi connectivity index (χ3v) is 5.04. The Bertz CT molecular complexity index is 896. The van der Waals surface area contributed by atoms with Gasteiger partial charge in [0.15, 0.2) is 6.10 Å². The molecule has 0 bridgehead atoms. The Balaban J connectivity index is 1.50. The second-order valence-electron chi connectivity index (χ2n) is 7.05. The molecule has 140 valence electrons. The zero-order valence-corrected chi connectivity index (χ0v) is 15.5. The minimum Gasteiger partial charge on any atom is -0.479 e. The molecule has 27 heavy (non-hydrogen) atoms. The Labute approximate surface area is 158 Å². The summed E-state index contributed by atoms with van der Waals surface area (Å²) in [5.74, 6) is 0.499. The van der Waals surface area contributed by atoms with Crippen molar-refractivity contribution in [3.63, 3.8) is 0 Å². The first-order valence-corrected chi connectivity index (χ1v) is 9.30. The molecule has 4 rings (SSSR count). The van der Waals surface area contributed by atoms with Gasteiger partial charge in [0.05, 0.1) is 5.69 Å². The second kappa shape index (κ2) is 6.95. The number of carbonyl (C=O) groups is 2. The molecule has 2 N–H and O–H groups in total. The van der Waals surface area contributed by atoms with E-state index in [9.17, 15) is 9.59 Å². The van der Waals surface area contributed by atoms with E-state index in [1.54, 1.807) is 19.1 Å². The second-order valence-corrected chi connectivity index (χ2v) is 7.05. The molecule has 2 heterocycles. The van der Waals surface area contributed by atoms with E-state index in [-0.39, 0.29) is 11.8 Å². The quantitative estimate of drug-likeness (QED) is 0.876. The first kappa shape index (κ1) is 17.4. The Hall–Kier alpha value is -3.02. The Kier molecular flexibility index (Phi) is 4.48. The molecule has 2 aliphatic heterocycles. The van der Waals surface area contributed by atoms with Gasteiger partial charge in [0.2, 0.25) is 5.91 Å². The summed E-state index contributed by atoms with van der Waals surface area (Å²) < 4.78 is 5.57. The van der Waals surface area contributed by atoms with Crippen molar-refractivity contribution in [3.05, 3.63) is 48.0 Å². The van der Waals surface area contributed by atoms with Gasteiger partial charge in [0.1, 0.15) is 11.8 Å². The molecule has 0 spiro atoms. The highest BCUT2D eigenvalue weighted by Crippen LogP contribution is 2.33. The lowest BCUT2D eigenvalue weighted by atomic mass is 10.0. The molecule has 2 aliphatic rings. The van der Waals surface area contributed by atoms with Gasteiger partial charge in [-0.25, -0.2) is 0 Å². The van der Waals surface area contributed by atoms with Crippen molar-refractivity contribution >= 4 is 28.9 Å². The third kappa shape index (κ3) is 3.35. The third-order valence-electron chi connectivity index (χ3n) is 5.04. The molecule has 6 heteroatoms. The van der Waals surface area contributed by atoms with Crippen LogP contribution in [0.2, 0.25) is 0 Å². The predicted molar refractivity (Wildman–Crippen MR) is 105 cm³/mol. The van der Waals surface area contributed by atoms with Gasteiger partial charge >= 0.3 is 0 Å². The summed E-state index contributed by atoms with van der Waals surface area (Å²) >= 11 is 0. The summed E-state index contributed by atoms with van der Waals surface area (Å²) in [6.07, 6.45) is 1.47. The smallest absolute Gasteiger partial charge is 0.265 e. The molecule has 0 unspecified atom stereocenters. The van der Waals surface area contributed by atoms with Crippen molar-refractivity contribution in [3.8, 4) is 5.75 Å². The minimum absolute atomic E-state index is 0.0359. The van der Waals surface area contributed by atoms with E-state index >= 15 is 0 Å². The van der Waals surface area contributed by atoms with Gasteiger partial charge in [-0.2, -0.15) is 0 Å². The number of hydrogen-bond donors (Lipinski definition) is 2. The van der Waals surface area contributed by atoms with Crippen LogP contribution in [0.15, 0.2) is 42.5 Å². The summed E-state index contributed by atoms with van der Waals surface area (Å²) in [6.45, 7) is 4.30. The zero-order valence-electron chi connectivity index (χ0n) is 15.5. The largest absolute Gasteiger partial charge is 0.479 e. The summed E-state index contributed by atoms with van der Waals surface area (Å²) in [4.78, 5) is 26.7. The number of benzene rings is 2. The Morgan fingerprint density at radius 3 is 2.96 bits per heavy atom. The molecular formula is C21H23N3O3. The van der Waals surface area contributed by atoms with Crippen LogP contribution in [-0.4, -0.2) is 30.5 Å². The van der Waals surface area contributed by atoms with E-state index in [0.717, 1.165) is 30.8 Å². The van der Waals surface area contributed by atoms with Crippen LogP contribution in [0.1, 0.15) is 25.8 Å². The first-order chi connectivity index (χ1) is 13.0. The maximum absolute atomic E-state index is 13.0. The lowest BCUT2D eigenvalue weighted by molar-refractivity contribution is -0.122. The molecule has 0 aromatic heterocycles. The highest BCUT2D eigenvalue weighted by Gasteiger charge is 2.27. The van der Waals surface area contributed by atoms with E-state index < -0.39 is 12.1 Å². The van der Waals surface area contributed by atoms with Crippen molar-refractivity contribution in [2.24, 2.45) is 0 Å². The molecule has 6 nitrogen and oxygen atoms in total. The highest BCUT2D eigenvalue weighted by atomic mass is 16.5. The van der Waals surface area contributed by atoms with Crippen LogP contribution in [0.4, 0.5) is 17.1 Å². The molecule has 0 aliphatic carbocycles. The first-order valence-electron chi connectivity index (χ1n) is 9.30. The van der Waals surface area contributed by atoms with Crippen LogP contribution in [0.25, 0.3) is 0 Å². The number of carbonyl (C=O) groups excluding carboxylic acids is 2. The summed E-state index contributed by atoms with van der Waals surface area (Å²) in [5, 5.41) is 6.08. The fraction of sp³-hybridized carbons (Fsp3) is 0.333. The lowest BCUT2D eigenvalue weighted by Gasteiger charge is -2.32. The fourth-order valence-corrected chi connectivity index (χ4v) is 3.61. The molecule has 2 amide bonds. The van der Waals surface area contributed by atoms with E-state index in [1.807, 2.05) is 36.1 Å². The van der Waals surface area contributed by atoms with E-state index in [4.69, 9.17) is 4.74 Å². The number of amides is 2. The molecular weight excluding hydrogens is 342 g/mol. The zero-order chi connectivity index (χ0) is 19.0. The Morgan fingerprint density at radius 2 is 2.11 bits per heavy atom. The van der Waals surface area contributed by atoms with Gasteiger partial charge in [-0.3, -0.25) is 9.59 Å². The van der Waals surface area contributed by atoms with Crippen LogP contribution in [0.3, 0.4) is 0 Å². The number of aryl methyl sites for hydroxylation is 1. The van der Waals surface area contributed by atoms with Crippen LogP contribution in [-0.2, 0) is 16.0 Å².